The molecule has 4 heteroatoms. The van der Waals surface area contributed by atoms with Crippen molar-refractivity contribution in [1.82, 2.24) is 5.32 Å². The number of nitrogens with two attached hydrogens (primary N) is 1. The van der Waals surface area contributed by atoms with Gasteiger partial charge in [-0.1, -0.05) is 38.5 Å². The molecule has 4 N–H and O–H groups in total. The van der Waals surface area contributed by atoms with E-state index < -0.39 is 5.97 Å². The quantitative estimate of drug-likeness (QED) is 0.418. The van der Waals surface area contributed by atoms with Crippen LogP contribution in [-0.4, -0.2) is 30.7 Å². The van der Waals surface area contributed by atoms with Gasteiger partial charge < -0.3 is 16.2 Å². The van der Waals surface area contributed by atoms with Crippen LogP contribution >= 0.6 is 0 Å². The Morgan fingerprint density at radius 3 is 1.89 bits per heavy atom. The Balaban J connectivity index is 2.92. The van der Waals surface area contributed by atoms with Crippen molar-refractivity contribution in [2.24, 2.45) is 5.73 Å². The van der Waals surface area contributed by atoms with Crippen LogP contribution in [0.25, 0.3) is 0 Å². The van der Waals surface area contributed by atoms with Gasteiger partial charge in [0, 0.05) is 6.42 Å². The second-order valence-electron chi connectivity index (χ2n) is 4.86. The van der Waals surface area contributed by atoms with Gasteiger partial charge in [-0.15, -0.1) is 0 Å². The highest BCUT2D eigenvalue weighted by Crippen LogP contribution is 2.07. The number of carbonyl (C=O) groups is 1. The zero-order chi connectivity index (χ0) is 13.5. The monoisotopic (exact) mass is 258 g/mol. The van der Waals surface area contributed by atoms with Gasteiger partial charge in [-0.05, 0) is 38.9 Å². The van der Waals surface area contributed by atoms with Crippen LogP contribution in [0.5, 0.6) is 0 Å². The maximum absolute atomic E-state index is 10.3. The largest absolute Gasteiger partial charge is 0.481 e. The average Bonchev–Trinajstić information content (AvgIpc) is 2.34. The predicted molar refractivity (Wildman–Crippen MR) is 75.7 cm³/mol. The molecule has 0 bridgehead atoms. The number of nitrogens with one attached hydrogen (secondary N) is 1. The standard InChI is InChI=1S/C14H30N2O2/c15-11-7-5-3-1-2-4-6-8-12-16-13-9-10-14(17)18/h16H,1-13,15H2,(H,17,18). The normalized spacial score (nSPS) is 10.7. The van der Waals surface area contributed by atoms with E-state index in [1.807, 2.05) is 0 Å². The number of hydrogen-bond donors (Lipinski definition) is 3. The van der Waals surface area contributed by atoms with Crippen LogP contribution in [0.1, 0.15) is 64.2 Å². The van der Waals surface area contributed by atoms with Crippen LogP contribution in [-0.2, 0) is 4.79 Å². The molecule has 0 aromatic carbocycles. The SMILES string of the molecule is NCCCCCCCCCCNCCCC(=O)O. The first-order valence-electron chi connectivity index (χ1n) is 7.40. The van der Waals surface area contributed by atoms with Crippen LogP contribution in [0.3, 0.4) is 0 Å². The zero-order valence-electron chi connectivity index (χ0n) is 11.6. The van der Waals surface area contributed by atoms with Crippen molar-refractivity contribution in [3.05, 3.63) is 0 Å². The van der Waals surface area contributed by atoms with Gasteiger partial charge in [-0.3, -0.25) is 4.79 Å². The molecule has 0 atom stereocenters. The summed E-state index contributed by atoms with van der Waals surface area (Å²) in [5.41, 5.74) is 5.44. The highest BCUT2D eigenvalue weighted by molar-refractivity contribution is 5.66. The fraction of sp³-hybridized carbons (Fsp3) is 0.929. The van der Waals surface area contributed by atoms with Crippen molar-refractivity contribution in [2.45, 2.75) is 64.2 Å². The maximum Gasteiger partial charge on any atom is 0.303 e. The molecule has 0 heterocycles. The molecule has 0 spiro atoms. The number of hydrogen-bond acceptors (Lipinski definition) is 3. The molecular weight excluding hydrogens is 228 g/mol. The molecule has 0 saturated heterocycles. The molecular formula is C14H30N2O2. The van der Waals surface area contributed by atoms with E-state index in [2.05, 4.69) is 5.32 Å². The van der Waals surface area contributed by atoms with Crippen molar-refractivity contribution < 1.29 is 9.90 Å². The summed E-state index contributed by atoms with van der Waals surface area (Å²) in [6, 6.07) is 0. The van der Waals surface area contributed by atoms with Crippen LogP contribution in [0.15, 0.2) is 0 Å². The Labute approximate surface area is 111 Å². The van der Waals surface area contributed by atoms with Gasteiger partial charge in [0.15, 0.2) is 0 Å². The third kappa shape index (κ3) is 15.4. The lowest BCUT2D eigenvalue weighted by Gasteiger charge is -2.04. The molecule has 0 unspecified atom stereocenters. The van der Waals surface area contributed by atoms with Gasteiger partial charge >= 0.3 is 5.97 Å². The maximum atomic E-state index is 10.3. The van der Waals surface area contributed by atoms with Gasteiger partial charge in [0.25, 0.3) is 0 Å². The number of carboxylic acids is 1. The lowest BCUT2D eigenvalue weighted by atomic mass is 10.1. The highest BCUT2D eigenvalue weighted by atomic mass is 16.4. The Morgan fingerprint density at radius 2 is 1.33 bits per heavy atom. The second kappa shape index (κ2) is 14.5. The molecule has 0 amide bonds. The van der Waals surface area contributed by atoms with E-state index in [-0.39, 0.29) is 6.42 Å². The first-order chi connectivity index (χ1) is 8.77. The Morgan fingerprint density at radius 1 is 0.833 bits per heavy atom. The number of rotatable bonds is 14. The molecule has 0 aromatic heterocycles. The van der Waals surface area contributed by atoms with Gasteiger partial charge in [0.05, 0.1) is 0 Å². The van der Waals surface area contributed by atoms with Gasteiger partial charge in [-0.25, -0.2) is 0 Å². The fourth-order valence-corrected chi connectivity index (χ4v) is 1.94. The minimum Gasteiger partial charge on any atom is -0.481 e. The fourth-order valence-electron chi connectivity index (χ4n) is 1.94. The number of aliphatic carboxylic acids is 1. The summed E-state index contributed by atoms with van der Waals surface area (Å²) in [5, 5.41) is 11.7. The molecule has 0 aliphatic rings. The van der Waals surface area contributed by atoms with Gasteiger partial charge in [0.2, 0.25) is 0 Å². The molecule has 18 heavy (non-hydrogen) atoms. The van der Waals surface area contributed by atoms with E-state index in [1.165, 1.54) is 51.4 Å². The van der Waals surface area contributed by atoms with Crippen LogP contribution in [0.2, 0.25) is 0 Å². The molecule has 0 saturated carbocycles. The minimum atomic E-state index is -0.702. The summed E-state index contributed by atoms with van der Waals surface area (Å²) in [5.74, 6) is -0.702. The topological polar surface area (TPSA) is 75.3 Å². The van der Waals surface area contributed by atoms with E-state index in [4.69, 9.17) is 10.8 Å². The Kier molecular flexibility index (Phi) is 14.0. The van der Waals surface area contributed by atoms with Gasteiger partial charge in [-0.2, -0.15) is 0 Å². The summed E-state index contributed by atoms with van der Waals surface area (Å²) < 4.78 is 0. The Hall–Kier alpha value is -0.610. The molecule has 0 aromatic rings. The lowest BCUT2D eigenvalue weighted by Crippen LogP contribution is -2.17. The molecule has 0 rings (SSSR count). The molecule has 0 aliphatic heterocycles. The predicted octanol–water partition coefficient (Wildman–Crippen LogP) is 2.52. The van der Waals surface area contributed by atoms with Crippen molar-refractivity contribution in [2.75, 3.05) is 19.6 Å². The Bertz CT molecular complexity index is 187. The smallest absolute Gasteiger partial charge is 0.303 e. The summed E-state index contributed by atoms with van der Waals surface area (Å²) in [6.45, 7) is 2.67. The number of unbranched alkanes of at least 4 members (excludes halogenated alkanes) is 7. The first-order valence-corrected chi connectivity index (χ1v) is 7.40. The lowest BCUT2D eigenvalue weighted by molar-refractivity contribution is -0.137. The summed E-state index contributed by atoms with van der Waals surface area (Å²) in [7, 11) is 0. The second-order valence-corrected chi connectivity index (χ2v) is 4.86. The highest BCUT2D eigenvalue weighted by Gasteiger charge is 1.95. The van der Waals surface area contributed by atoms with Crippen LogP contribution in [0.4, 0.5) is 0 Å². The van der Waals surface area contributed by atoms with Crippen LogP contribution in [0, 0.1) is 0 Å². The van der Waals surface area contributed by atoms with Crippen molar-refractivity contribution in [1.29, 1.82) is 0 Å². The summed E-state index contributed by atoms with van der Waals surface area (Å²) in [6.07, 6.45) is 11.3. The van der Waals surface area contributed by atoms with Crippen molar-refractivity contribution >= 4 is 5.97 Å². The number of carboxylic acid groups (broad SMARTS) is 1. The molecule has 0 fully saturated rings. The van der Waals surface area contributed by atoms with E-state index in [1.54, 1.807) is 0 Å². The van der Waals surface area contributed by atoms with Crippen molar-refractivity contribution in [3.63, 3.8) is 0 Å². The summed E-state index contributed by atoms with van der Waals surface area (Å²) in [4.78, 5) is 10.3. The van der Waals surface area contributed by atoms with E-state index in [0.29, 0.717) is 0 Å². The van der Waals surface area contributed by atoms with Crippen LogP contribution < -0.4 is 11.1 Å². The minimum absolute atomic E-state index is 0.274. The summed E-state index contributed by atoms with van der Waals surface area (Å²) >= 11 is 0. The molecule has 108 valence electrons. The van der Waals surface area contributed by atoms with E-state index in [0.717, 1.165) is 26.1 Å². The molecule has 4 nitrogen and oxygen atoms in total. The third-order valence-electron chi connectivity index (χ3n) is 3.05. The first kappa shape index (κ1) is 17.4. The van der Waals surface area contributed by atoms with E-state index in [9.17, 15) is 4.79 Å². The average molecular weight is 258 g/mol. The van der Waals surface area contributed by atoms with Gasteiger partial charge in [0.1, 0.15) is 0 Å². The molecule has 0 aliphatic carbocycles. The molecule has 0 radical (unpaired) electrons. The van der Waals surface area contributed by atoms with Crippen molar-refractivity contribution in [3.8, 4) is 0 Å². The zero-order valence-corrected chi connectivity index (χ0v) is 11.6. The van der Waals surface area contributed by atoms with E-state index >= 15 is 0 Å². The third-order valence-corrected chi connectivity index (χ3v) is 3.05.